The number of benzene rings is 2. The molecule has 106 valence electrons. The van der Waals surface area contributed by atoms with Gasteiger partial charge in [-0.15, -0.1) is 0 Å². The second kappa shape index (κ2) is 6.53. The van der Waals surface area contributed by atoms with Crippen molar-refractivity contribution in [3.63, 3.8) is 0 Å². The fraction of sp³-hybridized carbons (Fsp3) is 0.250. The van der Waals surface area contributed by atoms with Crippen LogP contribution >= 0.6 is 11.6 Å². The number of methoxy groups -OCH3 is 2. The van der Waals surface area contributed by atoms with E-state index in [2.05, 4.69) is 18.3 Å². The van der Waals surface area contributed by atoms with Crippen molar-refractivity contribution in [1.29, 1.82) is 0 Å². The second-order valence-corrected chi connectivity index (χ2v) is 4.90. The molecule has 1 atom stereocenters. The molecule has 0 saturated heterocycles. The van der Waals surface area contributed by atoms with Gasteiger partial charge in [0, 0.05) is 17.8 Å². The summed E-state index contributed by atoms with van der Waals surface area (Å²) in [4.78, 5) is 0. The molecule has 3 nitrogen and oxygen atoms in total. The minimum atomic E-state index is 0.149. The quantitative estimate of drug-likeness (QED) is 0.878. The van der Waals surface area contributed by atoms with Crippen molar-refractivity contribution in [3.05, 3.63) is 53.1 Å². The van der Waals surface area contributed by atoms with E-state index in [0.29, 0.717) is 10.8 Å². The van der Waals surface area contributed by atoms with Crippen LogP contribution in [0.1, 0.15) is 18.5 Å². The normalized spacial score (nSPS) is 11.8. The lowest BCUT2D eigenvalue weighted by Crippen LogP contribution is -2.06. The Balaban J connectivity index is 2.16. The summed E-state index contributed by atoms with van der Waals surface area (Å²) in [6, 6.07) is 13.8. The van der Waals surface area contributed by atoms with Crippen LogP contribution < -0.4 is 14.8 Å². The number of anilines is 1. The third-order valence-corrected chi connectivity index (χ3v) is 3.44. The molecule has 0 fully saturated rings. The monoisotopic (exact) mass is 291 g/mol. The maximum absolute atomic E-state index is 6.02. The van der Waals surface area contributed by atoms with Crippen LogP contribution in [0.25, 0.3) is 0 Å². The molecule has 0 spiro atoms. The molecule has 1 unspecified atom stereocenters. The van der Waals surface area contributed by atoms with E-state index >= 15 is 0 Å². The van der Waals surface area contributed by atoms with Gasteiger partial charge in [0.05, 0.1) is 19.2 Å². The van der Waals surface area contributed by atoms with Gasteiger partial charge in [0.15, 0.2) is 0 Å². The molecule has 4 heteroatoms. The summed E-state index contributed by atoms with van der Waals surface area (Å²) in [6.45, 7) is 2.09. The predicted octanol–water partition coefficient (Wildman–Crippen LogP) is 4.53. The Hall–Kier alpha value is -1.87. The maximum Gasteiger partial charge on any atom is 0.139 e. The van der Waals surface area contributed by atoms with E-state index in [1.54, 1.807) is 14.2 Å². The van der Waals surface area contributed by atoms with Crippen LogP contribution in [0, 0.1) is 0 Å². The molecule has 0 aliphatic heterocycles. The highest BCUT2D eigenvalue weighted by atomic mass is 35.5. The van der Waals surface area contributed by atoms with Gasteiger partial charge < -0.3 is 14.8 Å². The SMILES string of the molecule is COc1cccc(C(C)Nc2ccc(Cl)c(OC)c2)c1. The highest BCUT2D eigenvalue weighted by Gasteiger charge is 2.08. The zero-order chi connectivity index (χ0) is 14.5. The van der Waals surface area contributed by atoms with E-state index in [9.17, 15) is 0 Å². The van der Waals surface area contributed by atoms with Crippen LogP contribution in [0.3, 0.4) is 0 Å². The average Bonchev–Trinajstić information content (AvgIpc) is 2.49. The third-order valence-electron chi connectivity index (χ3n) is 3.13. The van der Waals surface area contributed by atoms with E-state index in [1.165, 1.54) is 0 Å². The minimum absolute atomic E-state index is 0.149. The molecule has 0 saturated carbocycles. The largest absolute Gasteiger partial charge is 0.497 e. The molecular weight excluding hydrogens is 274 g/mol. The Bertz CT molecular complexity index is 586. The van der Waals surface area contributed by atoms with Crippen LogP contribution in [0.2, 0.25) is 5.02 Å². The van der Waals surface area contributed by atoms with E-state index < -0.39 is 0 Å². The summed E-state index contributed by atoms with van der Waals surface area (Å²) < 4.78 is 10.5. The fourth-order valence-corrected chi connectivity index (χ4v) is 2.19. The van der Waals surface area contributed by atoms with Crippen molar-refractivity contribution < 1.29 is 9.47 Å². The maximum atomic E-state index is 6.02. The average molecular weight is 292 g/mol. The van der Waals surface area contributed by atoms with Crippen LogP contribution in [0.15, 0.2) is 42.5 Å². The lowest BCUT2D eigenvalue weighted by atomic mass is 10.1. The molecule has 2 aromatic rings. The first-order valence-electron chi connectivity index (χ1n) is 6.38. The van der Waals surface area contributed by atoms with E-state index in [1.807, 2.05) is 36.4 Å². The van der Waals surface area contributed by atoms with Gasteiger partial charge in [0.25, 0.3) is 0 Å². The summed E-state index contributed by atoms with van der Waals surface area (Å²) in [5.74, 6) is 1.51. The topological polar surface area (TPSA) is 30.5 Å². The van der Waals surface area contributed by atoms with Gasteiger partial charge in [-0.3, -0.25) is 0 Å². The number of nitrogens with one attached hydrogen (secondary N) is 1. The van der Waals surface area contributed by atoms with Crippen LogP contribution in [-0.4, -0.2) is 14.2 Å². The van der Waals surface area contributed by atoms with Gasteiger partial charge in [-0.25, -0.2) is 0 Å². The first kappa shape index (κ1) is 14.5. The number of ether oxygens (including phenoxy) is 2. The molecule has 2 rings (SSSR count). The molecule has 0 heterocycles. The zero-order valence-corrected chi connectivity index (χ0v) is 12.6. The van der Waals surface area contributed by atoms with Crippen molar-refractivity contribution in [2.75, 3.05) is 19.5 Å². The minimum Gasteiger partial charge on any atom is -0.497 e. The Kier molecular flexibility index (Phi) is 4.74. The van der Waals surface area contributed by atoms with Crippen LogP contribution in [0.5, 0.6) is 11.5 Å². The first-order chi connectivity index (χ1) is 9.63. The Labute approximate surface area is 124 Å². The highest BCUT2D eigenvalue weighted by molar-refractivity contribution is 6.32. The molecule has 0 aliphatic rings. The molecule has 20 heavy (non-hydrogen) atoms. The van der Waals surface area contributed by atoms with Gasteiger partial charge in [-0.2, -0.15) is 0 Å². The Morgan fingerprint density at radius 3 is 2.55 bits per heavy atom. The molecular formula is C16H18ClNO2. The third kappa shape index (κ3) is 3.36. The summed E-state index contributed by atoms with van der Waals surface area (Å²) >= 11 is 6.02. The summed E-state index contributed by atoms with van der Waals surface area (Å²) in [6.07, 6.45) is 0. The van der Waals surface area contributed by atoms with E-state index in [-0.39, 0.29) is 6.04 Å². The molecule has 2 aromatic carbocycles. The van der Waals surface area contributed by atoms with Gasteiger partial charge >= 0.3 is 0 Å². The number of hydrogen-bond donors (Lipinski definition) is 1. The highest BCUT2D eigenvalue weighted by Crippen LogP contribution is 2.29. The van der Waals surface area contributed by atoms with Crippen LogP contribution in [-0.2, 0) is 0 Å². The first-order valence-corrected chi connectivity index (χ1v) is 6.76. The summed E-state index contributed by atoms with van der Waals surface area (Å²) in [5.41, 5.74) is 2.11. The molecule has 0 radical (unpaired) electrons. The van der Waals surface area contributed by atoms with Crippen molar-refractivity contribution in [2.45, 2.75) is 13.0 Å². The van der Waals surface area contributed by atoms with E-state index in [4.69, 9.17) is 21.1 Å². The predicted molar refractivity (Wildman–Crippen MR) is 83.0 cm³/mol. The van der Waals surface area contributed by atoms with Crippen molar-refractivity contribution in [1.82, 2.24) is 0 Å². The molecule has 1 N–H and O–H groups in total. The van der Waals surface area contributed by atoms with Gasteiger partial charge in [-0.05, 0) is 36.8 Å². The smallest absolute Gasteiger partial charge is 0.139 e. The van der Waals surface area contributed by atoms with Crippen molar-refractivity contribution >= 4 is 17.3 Å². The number of rotatable bonds is 5. The lowest BCUT2D eigenvalue weighted by Gasteiger charge is -2.17. The Morgan fingerprint density at radius 1 is 1.05 bits per heavy atom. The second-order valence-electron chi connectivity index (χ2n) is 4.49. The Morgan fingerprint density at radius 2 is 1.85 bits per heavy atom. The van der Waals surface area contributed by atoms with Crippen LogP contribution in [0.4, 0.5) is 5.69 Å². The molecule has 0 aliphatic carbocycles. The number of halogens is 1. The molecule has 0 bridgehead atoms. The van der Waals surface area contributed by atoms with Gasteiger partial charge in [0.1, 0.15) is 11.5 Å². The molecule has 0 aromatic heterocycles. The van der Waals surface area contributed by atoms with Gasteiger partial charge in [0.2, 0.25) is 0 Å². The summed E-state index contributed by atoms with van der Waals surface area (Å²) in [7, 11) is 3.28. The lowest BCUT2D eigenvalue weighted by molar-refractivity contribution is 0.414. The van der Waals surface area contributed by atoms with Crippen molar-refractivity contribution in [3.8, 4) is 11.5 Å². The van der Waals surface area contributed by atoms with Crippen molar-refractivity contribution in [2.24, 2.45) is 0 Å². The zero-order valence-electron chi connectivity index (χ0n) is 11.8. The molecule has 0 amide bonds. The van der Waals surface area contributed by atoms with Gasteiger partial charge in [-0.1, -0.05) is 23.7 Å². The fourth-order valence-electron chi connectivity index (χ4n) is 1.99. The number of hydrogen-bond acceptors (Lipinski definition) is 3. The van der Waals surface area contributed by atoms with E-state index in [0.717, 1.165) is 17.0 Å². The summed E-state index contributed by atoms with van der Waals surface area (Å²) in [5, 5.41) is 4.02. The standard InChI is InChI=1S/C16H18ClNO2/c1-11(12-5-4-6-14(9-12)19-2)18-13-7-8-15(17)16(10-13)20-3/h4-11,18H,1-3H3.